The maximum atomic E-state index is 5.59. The van der Waals surface area contributed by atoms with Crippen molar-refractivity contribution in [2.24, 2.45) is 10.4 Å². The van der Waals surface area contributed by atoms with Crippen LogP contribution in [0.25, 0.3) is 0 Å². The van der Waals surface area contributed by atoms with Crippen molar-refractivity contribution in [3.8, 4) is 0 Å². The quantitative estimate of drug-likeness (QED) is 0.330. The predicted octanol–water partition coefficient (Wildman–Crippen LogP) is 1.80. The number of rotatable bonds is 4. The van der Waals surface area contributed by atoms with Crippen molar-refractivity contribution < 1.29 is 4.74 Å². The summed E-state index contributed by atoms with van der Waals surface area (Å²) in [5, 5.41) is 6.81. The van der Waals surface area contributed by atoms with Gasteiger partial charge in [0.2, 0.25) is 0 Å². The summed E-state index contributed by atoms with van der Waals surface area (Å²) in [6, 6.07) is 3.94. The van der Waals surface area contributed by atoms with Gasteiger partial charge in [0.25, 0.3) is 0 Å². The molecule has 2 aliphatic heterocycles. The van der Waals surface area contributed by atoms with Crippen molar-refractivity contribution in [2.45, 2.75) is 12.8 Å². The SMILES string of the molecule is CN=C(NCCNc1ccncc1)N1CCC2(CCOC2)C1.I. The zero-order valence-corrected chi connectivity index (χ0v) is 16.0. The van der Waals surface area contributed by atoms with Crippen molar-refractivity contribution in [3.63, 3.8) is 0 Å². The number of anilines is 1. The molecule has 1 spiro atoms. The Hall–Kier alpha value is -1.09. The highest BCUT2D eigenvalue weighted by Crippen LogP contribution is 2.38. The first-order chi connectivity index (χ1) is 10.8. The standard InChI is InChI=1S/C16H25N5O.HI/c1-17-15(20-9-8-19-14-2-6-18-7-3-14)21-10-4-16(12-21)5-11-22-13-16;/h2-3,6-7H,4-5,8-13H2,1H3,(H,17,20)(H,18,19);1H. The third-order valence-electron chi connectivity index (χ3n) is 4.55. The summed E-state index contributed by atoms with van der Waals surface area (Å²) in [7, 11) is 1.86. The monoisotopic (exact) mass is 431 g/mol. The van der Waals surface area contributed by atoms with E-state index in [1.807, 2.05) is 19.2 Å². The number of ether oxygens (including phenoxy) is 1. The number of aliphatic imine (C=N–C) groups is 1. The van der Waals surface area contributed by atoms with E-state index in [0.717, 1.165) is 51.0 Å². The Morgan fingerprint density at radius 2 is 2.17 bits per heavy atom. The minimum atomic E-state index is 0. The first-order valence-electron chi connectivity index (χ1n) is 7.99. The van der Waals surface area contributed by atoms with Crippen LogP contribution in [0.15, 0.2) is 29.5 Å². The van der Waals surface area contributed by atoms with Gasteiger partial charge in [-0.15, -0.1) is 24.0 Å². The predicted molar refractivity (Wildman–Crippen MR) is 104 cm³/mol. The Bertz CT molecular complexity index is 504. The van der Waals surface area contributed by atoms with E-state index in [0.29, 0.717) is 5.41 Å². The van der Waals surface area contributed by atoms with E-state index < -0.39 is 0 Å². The van der Waals surface area contributed by atoms with Gasteiger partial charge in [-0.05, 0) is 25.0 Å². The van der Waals surface area contributed by atoms with E-state index in [2.05, 4.69) is 25.5 Å². The maximum Gasteiger partial charge on any atom is 0.193 e. The zero-order valence-electron chi connectivity index (χ0n) is 13.6. The molecule has 0 saturated carbocycles. The lowest BCUT2D eigenvalue weighted by Gasteiger charge is -2.25. The molecule has 0 radical (unpaired) electrons. The lowest BCUT2D eigenvalue weighted by atomic mass is 9.87. The van der Waals surface area contributed by atoms with Gasteiger partial charge in [0, 0.05) is 63.3 Å². The largest absolute Gasteiger partial charge is 0.383 e. The lowest BCUT2D eigenvalue weighted by molar-refractivity contribution is 0.156. The first kappa shape index (κ1) is 18.3. The lowest BCUT2D eigenvalue weighted by Crippen LogP contribution is -2.43. The van der Waals surface area contributed by atoms with Crippen LogP contribution in [0.5, 0.6) is 0 Å². The summed E-state index contributed by atoms with van der Waals surface area (Å²) in [6.07, 6.45) is 5.98. The molecule has 0 amide bonds. The Kier molecular flexibility index (Phi) is 6.88. The van der Waals surface area contributed by atoms with E-state index >= 15 is 0 Å². The molecule has 23 heavy (non-hydrogen) atoms. The number of aromatic nitrogens is 1. The molecule has 6 nitrogen and oxygen atoms in total. The van der Waals surface area contributed by atoms with Crippen LogP contribution in [0.4, 0.5) is 5.69 Å². The topological polar surface area (TPSA) is 61.8 Å². The average molecular weight is 431 g/mol. The molecule has 128 valence electrons. The minimum absolute atomic E-state index is 0. The van der Waals surface area contributed by atoms with Crippen LogP contribution in [-0.4, -0.2) is 62.3 Å². The molecule has 2 aliphatic rings. The molecule has 2 N–H and O–H groups in total. The first-order valence-corrected chi connectivity index (χ1v) is 7.99. The van der Waals surface area contributed by atoms with Gasteiger partial charge < -0.3 is 20.3 Å². The van der Waals surface area contributed by atoms with Crippen LogP contribution in [0.3, 0.4) is 0 Å². The highest BCUT2D eigenvalue weighted by molar-refractivity contribution is 14.0. The summed E-state index contributed by atoms with van der Waals surface area (Å²) >= 11 is 0. The molecule has 3 rings (SSSR count). The Morgan fingerprint density at radius 1 is 1.35 bits per heavy atom. The molecule has 1 unspecified atom stereocenters. The van der Waals surface area contributed by atoms with Crippen LogP contribution < -0.4 is 10.6 Å². The number of hydrogen-bond donors (Lipinski definition) is 2. The fraction of sp³-hybridized carbons (Fsp3) is 0.625. The van der Waals surface area contributed by atoms with Gasteiger partial charge in [-0.1, -0.05) is 0 Å². The van der Waals surface area contributed by atoms with Crippen molar-refractivity contribution in [1.82, 2.24) is 15.2 Å². The Labute approximate surface area is 155 Å². The second-order valence-electron chi connectivity index (χ2n) is 6.11. The molecule has 3 heterocycles. The molecule has 2 fully saturated rings. The van der Waals surface area contributed by atoms with E-state index in [1.54, 1.807) is 12.4 Å². The number of likely N-dealkylation sites (tertiary alicyclic amines) is 1. The maximum absolute atomic E-state index is 5.59. The van der Waals surface area contributed by atoms with Crippen LogP contribution in [0.1, 0.15) is 12.8 Å². The molecule has 2 saturated heterocycles. The van der Waals surface area contributed by atoms with E-state index in [1.165, 1.54) is 12.8 Å². The Balaban J connectivity index is 0.00000192. The fourth-order valence-corrected chi connectivity index (χ4v) is 3.27. The van der Waals surface area contributed by atoms with Crippen molar-refractivity contribution in [2.75, 3.05) is 51.8 Å². The van der Waals surface area contributed by atoms with Gasteiger partial charge in [0.1, 0.15) is 0 Å². The van der Waals surface area contributed by atoms with E-state index in [-0.39, 0.29) is 24.0 Å². The van der Waals surface area contributed by atoms with Crippen LogP contribution in [0.2, 0.25) is 0 Å². The summed E-state index contributed by atoms with van der Waals surface area (Å²) in [5.74, 6) is 1.00. The molecule has 0 aromatic carbocycles. The second kappa shape index (κ2) is 8.68. The number of halogens is 1. The average Bonchev–Trinajstić information content (AvgIpc) is 3.19. The van der Waals surface area contributed by atoms with Gasteiger partial charge in [0.15, 0.2) is 5.96 Å². The van der Waals surface area contributed by atoms with Gasteiger partial charge in [-0.2, -0.15) is 0 Å². The summed E-state index contributed by atoms with van der Waals surface area (Å²) in [6.45, 7) is 5.64. The highest BCUT2D eigenvalue weighted by atomic mass is 127. The van der Waals surface area contributed by atoms with Gasteiger partial charge in [-0.25, -0.2) is 0 Å². The third-order valence-corrected chi connectivity index (χ3v) is 4.55. The number of hydrogen-bond acceptors (Lipinski definition) is 4. The second-order valence-corrected chi connectivity index (χ2v) is 6.11. The van der Waals surface area contributed by atoms with E-state index in [9.17, 15) is 0 Å². The normalized spacial score (nSPS) is 23.9. The number of nitrogens with one attached hydrogen (secondary N) is 2. The van der Waals surface area contributed by atoms with Crippen molar-refractivity contribution >= 4 is 35.6 Å². The van der Waals surface area contributed by atoms with Crippen LogP contribution in [-0.2, 0) is 4.74 Å². The summed E-state index contributed by atoms with van der Waals surface area (Å²) in [4.78, 5) is 10.8. The third kappa shape index (κ3) is 4.69. The van der Waals surface area contributed by atoms with Gasteiger partial charge in [0.05, 0.1) is 6.61 Å². The smallest absolute Gasteiger partial charge is 0.193 e. The zero-order chi connectivity index (χ0) is 15.3. The molecule has 0 aliphatic carbocycles. The van der Waals surface area contributed by atoms with Crippen molar-refractivity contribution in [3.05, 3.63) is 24.5 Å². The van der Waals surface area contributed by atoms with E-state index in [4.69, 9.17) is 4.74 Å². The molecule has 1 aromatic heterocycles. The molecular weight excluding hydrogens is 405 g/mol. The highest BCUT2D eigenvalue weighted by Gasteiger charge is 2.42. The molecule has 1 aromatic rings. The molecule has 0 bridgehead atoms. The molecule has 7 heteroatoms. The minimum Gasteiger partial charge on any atom is -0.383 e. The van der Waals surface area contributed by atoms with Gasteiger partial charge in [-0.3, -0.25) is 9.98 Å². The van der Waals surface area contributed by atoms with Crippen LogP contribution in [0, 0.1) is 5.41 Å². The fourth-order valence-electron chi connectivity index (χ4n) is 3.27. The van der Waals surface area contributed by atoms with Crippen LogP contribution >= 0.6 is 24.0 Å². The number of guanidine groups is 1. The molecular formula is C16H26IN5O. The van der Waals surface area contributed by atoms with Crippen molar-refractivity contribution in [1.29, 1.82) is 0 Å². The Morgan fingerprint density at radius 3 is 2.87 bits per heavy atom. The summed E-state index contributed by atoms with van der Waals surface area (Å²) < 4.78 is 5.59. The number of pyridine rings is 1. The van der Waals surface area contributed by atoms with Gasteiger partial charge >= 0.3 is 0 Å². The molecule has 1 atom stereocenters. The summed E-state index contributed by atoms with van der Waals surface area (Å²) in [5.41, 5.74) is 1.46. The number of nitrogens with zero attached hydrogens (tertiary/aromatic N) is 3.